The molecule has 1 unspecified atom stereocenters. The van der Waals surface area contributed by atoms with Gasteiger partial charge in [-0.15, -0.1) is 11.3 Å². The quantitative estimate of drug-likeness (QED) is 0.714. The summed E-state index contributed by atoms with van der Waals surface area (Å²) in [7, 11) is -3.74. The molecule has 2 aromatic rings. The largest absolute Gasteiger partial charge is 0.398 e. The first kappa shape index (κ1) is 15.9. The Kier molecular flexibility index (Phi) is 4.85. The molecule has 0 saturated heterocycles. The second-order valence-electron chi connectivity index (χ2n) is 4.02. The molecule has 0 radical (unpaired) electrons. The van der Waals surface area contributed by atoms with E-state index in [4.69, 9.17) is 5.73 Å². The van der Waals surface area contributed by atoms with Crippen LogP contribution in [0, 0.1) is 0 Å². The number of benzene rings is 1. The highest BCUT2D eigenvalue weighted by Crippen LogP contribution is 2.32. The summed E-state index contributed by atoms with van der Waals surface area (Å²) in [4.78, 5) is 4.13. The fourth-order valence-electron chi connectivity index (χ4n) is 1.65. The molecular weight excluding hydrogens is 430 g/mol. The SMILES string of the molecule is CC(NS(=O)(=O)c1c(N)cc(Br)cc1Br)c1nccs1. The second-order valence-corrected chi connectivity index (χ2v) is 8.37. The van der Waals surface area contributed by atoms with E-state index in [0.717, 1.165) is 0 Å². The van der Waals surface area contributed by atoms with Gasteiger partial charge in [0.15, 0.2) is 0 Å². The number of nitrogens with zero attached hydrogens (tertiary/aromatic N) is 1. The molecule has 9 heteroatoms. The van der Waals surface area contributed by atoms with Crippen LogP contribution in [0.25, 0.3) is 0 Å². The van der Waals surface area contributed by atoms with Crippen LogP contribution in [-0.4, -0.2) is 13.4 Å². The average Bonchev–Trinajstić information content (AvgIpc) is 2.78. The molecule has 0 fully saturated rings. The summed E-state index contributed by atoms with van der Waals surface area (Å²) in [6, 6.07) is 2.77. The van der Waals surface area contributed by atoms with Crippen LogP contribution in [0.5, 0.6) is 0 Å². The Labute approximate surface area is 137 Å². The molecule has 0 aliphatic rings. The van der Waals surface area contributed by atoms with Gasteiger partial charge in [0.1, 0.15) is 9.90 Å². The summed E-state index contributed by atoms with van der Waals surface area (Å²) in [5, 5.41) is 2.49. The topological polar surface area (TPSA) is 85.1 Å². The third-order valence-electron chi connectivity index (χ3n) is 2.46. The minimum Gasteiger partial charge on any atom is -0.398 e. The van der Waals surface area contributed by atoms with E-state index < -0.39 is 16.1 Å². The standard InChI is InChI=1S/C11H11Br2N3O2S2/c1-6(11-15-2-3-19-11)16-20(17,18)10-8(13)4-7(12)5-9(10)14/h2-6,16H,14H2,1H3. The van der Waals surface area contributed by atoms with Crippen LogP contribution in [0.3, 0.4) is 0 Å². The van der Waals surface area contributed by atoms with Gasteiger partial charge in [-0.25, -0.2) is 18.1 Å². The van der Waals surface area contributed by atoms with Crippen LogP contribution in [0.4, 0.5) is 5.69 Å². The summed E-state index contributed by atoms with van der Waals surface area (Å²) in [6.45, 7) is 1.74. The number of halogens is 2. The fourth-order valence-corrected chi connectivity index (χ4v) is 5.65. The minimum absolute atomic E-state index is 0.0316. The van der Waals surface area contributed by atoms with Gasteiger partial charge in [-0.05, 0) is 35.0 Å². The number of aromatic nitrogens is 1. The number of hydrogen-bond acceptors (Lipinski definition) is 5. The van der Waals surface area contributed by atoms with Crippen LogP contribution < -0.4 is 10.5 Å². The van der Waals surface area contributed by atoms with E-state index >= 15 is 0 Å². The predicted octanol–water partition coefficient (Wildman–Crippen LogP) is 3.29. The molecule has 0 aliphatic carbocycles. The van der Waals surface area contributed by atoms with Gasteiger partial charge in [0.2, 0.25) is 10.0 Å². The third kappa shape index (κ3) is 3.40. The van der Waals surface area contributed by atoms with Crippen molar-refractivity contribution in [3.63, 3.8) is 0 Å². The molecule has 0 saturated carbocycles. The smallest absolute Gasteiger partial charge is 0.244 e. The number of nitrogens with two attached hydrogens (primary N) is 1. The minimum atomic E-state index is -3.74. The molecule has 108 valence electrons. The lowest BCUT2D eigenvalue weighted by molar-refractivity contribution is 0.566. The summed E-state index contributed by atoms with van der Waals surface area (Å²) < 4.78 is 28.5. The Morgan fingerprint density at radius 3 is 2.65 bits per heavy atom. The van der Waals surface area contributed by atoms with Gasteiger partial charge in [0, 0.05) is 20.5 Å². The lowest BCUT2D eigenvalue weighted by Gasteiger charge is -2.15. The first-order valence-electron chi connectivity index (χ1n) is 5.47. The zero-order valence-electron chi connectivity index (χ0n) is 10.3. The van der Waals surface area contributed by atoms with Crippen LogP contribution in [0.15, 0.2) is 37.6 Å². The van der Waals surface area contributed by atoms with Crippen molar-refractivity contribution in [3.05, 3.63) is 37.7 Å². The van der Waals surface area contributed by atoms with Gasteiger partial charge in [0.05, 0.1) is 11.7 Å². The summed E-state index contributed by atoms with van der Waals surface area (Å²) in [5.74, 6) is 0. The van der Waals surface area contributed by atoms with Crippen molar-refractivity contribution in [1.82, 2.24) is 9.71 Å². The molecule has 1 aromatic heterocycles. The summed E-state index contributed by atoms with van der Waals surface area (Å²) >= 11 is 7.88. The number of rotatable bonds is 4. The fraction of sp³-hybridized carbons (Fsp3) is 0.182. The Bertz CT molecular complexity index is 694. The Morgan fingerprint density at radius 2 is 2.10 bits per heavy atom. The zero-order valence-corrected chi connectivity index (χ0v) is 15.1. The number of thiazole rings is 1. The van der Waals surface area contributed by atoms with E-state index in [1.165, 1.54) is 11.3 Å². The lowest BCUT2D eigenvalue weighted by atomic mass is 10.3. The molecule has 3 N–H and O–H groups in total. The molecular formula is C11H11Br2N3O2S2. The number of nitrogens with one attached hydrogen (secondary N) is 1. The lowest BCUT2D eigenvalue weighted by Crippen LogP contribution is -2.27. The van der Waals surface area contributed by atoms with E-state index in [9.17, 15) is 8.42 Å². The highest BCUT2D eigenvalue weighted by atomic mass is 79.9. The van der Waals surface area contributed by atoms with Crippen molar-refractivity contribution in [2.45, 2.75) is 17.9 Å². The van der Waals surface area contributed by atoms with E-state index in [1.807, 2.05) is 0 Å². The molecule has 5 nitrogen and oxygen atoms in total. The van der Waals surface area contributed by atoms with Gasteiger partial charge >= 0.3 is 0 Å². The molecule has 1 atom stereocenters. The average molecular weight is 441 g/mol. The van der Waals surface area contributed by atoms with Crippen molar-refractivity contribution < 1.29 is 8.42 Å². The zero-order chi connectivity index (χ0) is 14.9. The van der Waals surface area contributed by atoms with Crippen molar-refractivity contribution >= 4 is 58.9 Å². The second kappa shape index (κ2) is 6.10. The molecule has 1 heterocycles. The molecule has 2 rings (SSSR count). The van der Waals surface area contributed by atoms with E-state index in [2.05, 4.69) is 41.6 Å². The van der Waals surface area contributed by atoms with Crippen molar-refractivity contribution in [2.75, 3.05) is 5.73 Å². The number of nitrogen functional groups attached to an aromatic ring is 1. The van der Waals surface area contributed by atoms with Gasteiger partial charge in [0.25, 0.3) is 0 Å². The van der Waals surface area contributed by atoms with Gasteiger partial charge < -0.3 is 5.73 Å². The first-order chi connectivity index (χ1) is 9.31. The van der Waals surface area contributed by atoms with Gasteiger partial charge in [-0.3, -0.25) is 0 Å². The number of hydrogen-bond donors (Lipinski definition) is 2. The molecule has 0 amide bonds. The maximum absolute atomic E-state index is 12.4. The van der Waals surface area contributed by atoms with Crippen LogP contribution in [0.1, 0.15) is 18.0 Å². The van der Waals surface area contributed by atoms with Gasteiger partial charge in [-0.2, -0.15) is 0 Å². The van der Waals surface area contributed by atoms with E-state index in [1.54, 1.807) is 30.6 Å². The van der Waals surface area contributed by atoms with Gasteiger partial charge in [-0.1, -0.05) is 15.9 Å². The number of sulfonamides is 1. The molecule has 0 spiro atoms. The predicted molar refractivity (Wildman–Crippen MR) is 87.1 cm³/mol. The maximum atomic E-state index is 12.4. The molecule has 1 aromatic carbocycles. The van der Waals surface area contributed by atoms with Crippen molar-refractivity contribution in [2.24, 2.45) is 0 Å². The Balaban J connectivity index is 2.37. The summed E-state index contributed by atoms with van der Waals surface area (Å²) in [6.07, 6.45) is 1.63. The first-order valence-corrected chi connectivity index (χ1v) is 9.42. The van der Waals surface area contributed by atoms with E-state index in [-0.39, 0.29) is 10.6 Å². The highest BCUT2D eigenvalue weighted by Gasteiger charge is 2.24. The highest BCUT2D eigenvalue weighted by molar-refractivity contribution is 9.11. The van der Waals surface area contributed by atoms with Crippen LogP contribution in [-0.2, 0) is 10.0 Å². The molecule has 0 aliphatic heterocycles. The third-order valence-corrected chi connectivity index (χ3v) is 6.42. The summed E-state index contributed by atoms with van der Waals surface area (Å²) in [5.41, 5.74) is 5.98. The molecule has 20 heavy (non-hydrogen) atoms. The van der Waals surface area contributed by atoms with Crippen LogP contribution in [0.2, 0.25) is 0 Å². The monoisotopic (exact) mass is 439 g/mol. The molecule has 0 bridgehead atoms. The Hall–Kier alpha value is -0.480. The van der Waals surface area contributed by atoms with Crippen LogP contribution >= 0.6 is 43.2 Å². The maximum Gasteiger partial charge on any atom is 0.244 e. The van der Waals surface area contributed by atoms with E-state index in [0.29, 0.717) is 14.0 Å². The number of anilines is 1. The van der Waals surface area contributed by atoms with Crippen molar-refractivity contribution in [1.29, 1.82) is 0 Å². The Morgan fingerprint density at radius 1 is 1.40 bits per heavy atom. The normalized spacial score (nSPS) is 13.3. The van der Waals surface area contributed by atoms with Crippen molar-refractivity contribution in [3.8, 4) is 0 Å².